The van der Waals surface area contributed by atoms with Crippen molar-refractivity contribution in [3.05, 3.63) is 29.3 Å². The molecule has 1 saturated carbocycles. The Balaban J connectivity index is 1.77. The van der Waals surface area contributed by atoms with Gasteiger partial charge in [0, 0.05) is 11.6 Å². The minimum atomic E-state index is 0.220. The highest BCUT2D eigenvalue weighted by Crippen LogP contribution is 2.30. The summed E-state index contributed by atoms with van der Waals surface area (Å²) in [4.78, 5) is 0. The Labute approximate surface area is 123 Å². The lowest BCUT2D eigenvalue weighted by atomic mass is 9.81. The standard InChI is InChI=1S/C18H29NO/c1-13-4-7-16(8-5-13)10-11-19-15(3)17-12-14(2)6-9-18(17)20/h6,9,12-13,15-16,19-20H,4-5,7-8,10-11H2,1-3H3. The maximum Gasteiger partial charge on any atom is 0.120 e. The molecule has 2 N–H and O–H groups in total. The highest BCUT2D eigenvalue weighted by molar-refractivity contribution is 5.37. The smallest absolute Gasteiger partial charge is 0.120 e. The summed E-state index contributed by atoms with van der Waals surface area (Å²) in [5.41, 5.74) is 2.22. The van der Waals surface area contributed by atoms with Gasteiger partial charge in [0.2, 0.25) is 0 Å². The zero-order valence-corrected chi connectivity index (χ0v) is 13.2. The summed E-state index contributed by atoms with van der Waals surface area (Å²) in [6.45, 7) is 7.63. The van der Waals surface area contributed by atoms with Gasteiger partial charge in [0.1, 0.15) is 5.75 Å². The van der Waals surface area contributed by atoms with Crippen molar-refractivity contribution in [3.63, 3.8) is 0 Å². The van der Waals surface area contributed by atoms with Crippen LogP contribution in [0.25, 0.3) is 0 Å². The molecular formula is C18H29NO. The summed E-state index contributed by atoms with van der Waals surface area (Å²) in [6, 6.07) is 6.05. The third-order valence-electron chi connectivity index (χ3n) is 4.79. The number of aromatic hydroxyl groups is 1. The van der Waals surface area contributed by atoms with E-state index < -0.39 is 0 Å². The van der Waals surface area contributed by atoms with Gasteiger partial charge in [-0.15, -0.1) is 0 Å². The number of hydrogen-bond donors (Lipinski definition) is 2. The molecule has 1 aromatic rings. The second-order valence-electron chi connectivity index (χ2n) is 6.65. The molecule has 1 aliphatic carbocycles. The van der Waals surface area contributed by atoms with Crippen LogP contribution in [0.4, 0.5) is 0 Å². The van der Waals surface area contributed by atoms with Crippen LogP contribution in [0.5, 0.6) is 5.75 Å². The molecule has 1 aromatic carbocycles. The summed E-state index contributed by atoms with van der Waals surface area (Å²) < 4.78 is 0. The van der Waals surface area contributed by atoms with E-state index in [2.05, 4.69) is 32.2 Å². The van der Waals surface area contributed by atoms with E-state index in [1.54, 1.807) is 6.07 Å². The monoisotopic (exact) mass is 275 g/mol. The third-order valence-corrected chi connectivity index (χ3v) is 4.79. The van der Waals surface area contributed by atoms with Crippen LogP contribution in [-0.4, -0.2) is 11.7 Å². The van der Waals surface area contributed by atoms with Gasteiger partial charge < -0.3 is 10.4 Å². The van der Waals surface area contributed by atoms with Crippen LogP contribution in [0, 0.1) is 18.8 Å². The molecule has 2 heteroatoms. The fourth-order valence-electron chi connectivity index (χ4n) is 3.25. The average molecular weight is 275 g/mol. The van der Waals surface area contributed by atoms with Gasteiger partial charge in [-0.2, -0.15) is 0 Å². The van der Waals surface area contributed by atoms with Crippen LogP contribution >= 0.6 is 0 Å². The van der Waals surface area contributed by atoms with Gasteiger partial charge in [-0.3, -0.25) is 0 Å². The fraction of sp³-hybridized carbons (Fsp3) is 0.667. The third kappa shape index (κ3) is 4.24. The molecule has 2 nitrogen and oxygen atoms in total. The van der Waals surface area contributed by atoms with E-state index in [0.717, 1.165) is 23.9 Å². The van der Waals surface area contributed by atoms with Crippen molar-refractivity contribution in [1.29, 1.82) is 0 Å². The molecule has 20 heavy (non-hydrogen) atoms. The van der Waals surface area contributed by atoms with E-state index in [-0.39, 0.29) is 6.04 Å². The topological polar surface area (TPSA) is 32.3 Å². The molecule has 1 fully saturated rings. The minimum absolute atomic E-state index is 0.220. The largest absolute Gasteiger partial charge is 0.508 e. The Hall–Kier alpha value is -1.02. The molecule has 0 aromatic heterocycles. The van der Waals surface area contributed by atoms with Crippen LogP contribution in [-0.2, 0) is 0 Å². The average Bonchev–Trinajstić information content (AvgIpc) is 2.43. The first-order chi connectivity index (χ1) is 9.56. The lowest BCUT2D eigenvalue weighted by Crippen LogP contribution is -2.23. The molecule has 1 unspecified atom stereocenters. The number of hydrogen-bond acceptors (Lipinski definition) is 2. The van der Waals surface area contributed by atoms with Crippen LogP contribution < -0.4 is 5.32 Å². The van der Waals surface area contributed by atoms with Gasteiger partial charge in [0.15, 0.2) is 0 Å². The normalized spacial score (nSPS) is 24.6. The first-order valence-corrected chi connectivity index (χ1v) is 8.09. The van der Waals surface area contributed by atoms with Gasteiger partial charge in [-0.05, 0) is 44.7 Å². The Bertz CT molecular complexity index is 421. The van der Waals surface area contributed by atoms with Crippen molar-refractivity contribution < 1.29 is 5.11 Å². The first-order valence-electron chi connectivity index (χ1n) is 8.09. The molecule has 0 bridgehead atoms. The van der Waals surface area contributed by atoms with E-state index in [4.69, 9.17) is 0 Å². The SMILES string of the molecule is Cc1ccc(O)c(C(C)NCCC2CCC(C)CC2)c1. The van der Waals surface area contributed by atoms with Gasteiger partial charge in [-0.25, -0.2) is 0 Å². The number of nitrogens with one attached hydrogen (secondary N) is 1. The van der Waals surface area contributed by atoms with Crippen molar-refractivity contribution in [2.24, 2.45) is 11.8 Å². The van der Waals surface area contributed by atoms with E-state index in [1.165, 1.54) is 37.7 Å². The van der Waals surface area contributed by atoms with Crippen LogP contribution in [0.3, 0.4) is 0 Å². The van der Waals surface area contributed by atoms with E-state index in [9.17, 15) is 5.11 Å². The Kier molecular flexibility index (Phi) is 5.47. The van der Waals surface area contributed by atoms with Crippen molar-refractivity contribution in [1.82, 2.24) is 5.32 Å². The number of aryl methyl sites for hydroxylation is 1. The van der Waals surface area contributed by atoms with Gasteiger partial charge in [0.25, 0.3) is 0 Å². The second-order valence-corrected chi connectivity index (χ2v) is 6.65. The quantitative estimate of drug-likeness (QED) is 0.825. The van der Waals surface area contributed by atoms with Crippen molar-refractivity contribution in [2.45, 2.75) is 58.9 Å². The molecule has 1 atom stereocenters. The van der Waals surface area contributed by atoms with Gasteiger partial charge in [0.05, 0.1) is 0 Å². The van der Waals surface area contributed by atoms with E-state index >= 15 is 0 Å². The molecule has 0 saturated heterocycles. The molecule has 0 aliphatic heterocycles. The number of phenols is 1. The van der Waals surface area contributed by atoms with Crippen molar-refractivity contribution in [2.75, 3.05) is 6.54 Å². The predicted molar refractivity (Wildman–Crippen MR) is 85.0 cm³/mol. The van der Waals surface area contributed by atoms with Gasteiger partial charge >= 0.3 is 0 Å². The number of benzene rings is 1. The predicted octanol–water partition coefficient (Wildman–Crippen LogP) is 4.57. The van der Waals surface area contributed by atoms with Crippen LogP contribution in [0.2, 0.25) is 0 Å². The summed E-state index contributed by atoms with van der Waals surface area (Å²) in [7, 11) is 0. The number of rotatable bonds is 5. The van der Waals surface area contributed by atoms with Crippen LogP contribution in [0.15, 0.2) is 18.2 Å². The Morgan fingerprint density at radius 1 is 1.25 bits per heavy atom. The molecule has 1 aliphatic rings. The summed E-state index contributed by atoms with van der Waals surface area (Å²) in [6.07, 6.45) is 6.86. The summed E-state index contributed by atoms with van der Waals surface area (Å²) in [5, 5.41) is 13.5. The zero-order chi connectivity index (χ0) is 14.5. The fourth-order valence-corrected chi connectivity index (χ4v) is 3.25. The number of phenolic OH excluding ortho intramolecular Hbond substituents is 1. The minimum Gasteiger partial charge on any atom is -0.508 e. The second kappa shape index (κ2) is 7.12. The zero-order valence-electron chi connectivity index (χ0n) is 13.2. The molecule has 112 valence electrons. The lowest BCUT2D eigenvalue weighted by molar-refractivity contribution is 0.273. The molecule has 2 rings (SSSR count). The van der Waals surface area contributed by atoms with E-state index in [1.807, 2.05) is 6.07 Å². The maximum atomic E-state index is 9.94. The maximum absolute atomic E-state index is 9.94. The van der Waals surface area contributed by atoms with Gasteiger partial charge in [-0.1, -0.05) is 50.3 Å². The van der Waals surface area contributed by atoms with Crippen LogP contribution in [0.1, 0.15) is 63.1 Å². The van der Waals surface area contributed by atoms with Crippen molar-refractivity contribution >= 4 is 0 Å². The highest BCUT2D eigenvalue weighted by Gasteiger charge is 2.18. The highest BCUT2D eigenvalue weighted by atomic mass is 16.3. The Morgan fingerprint density at radius 2 is 1.95 bits per heavy atom. The molecule has 0 spiro atoms. The van der Waals surface area contributed by atoms with E-state index in [0.29, 0.717) is 5.75 Å². The first kappa shape index (κ1) is 15.4. The lowest BCUT2D eigenvalue weighted by Gasteiger charge is -2.26. The molecular weight excluding hydrogens is 246 g/mol. The summed E-state index contributed by atoms with van der Waals surface area (Å²) in [5.74, 6) is 2.24. The summed E-state index contributed by atoms with van der Waals surface area (Å²) >= 11 is 0. The molecule has 0 amide bonds. The molecule has 0 heterocycles. The Morgan fingerprint density at radius 3 is 2.65 bits per heavy atom. The molecule has 0 radical (unpaired) electrons. The van der Waals surface area contributed by atoms with Crippen molar-refractivity contribution in [3.8, 4) is 5.75 Å².